The van der Waals surface area contributed by atoms with Gasteiger partial charge in [-0.3, -0.25) is 0 Å². The maximum absolute atomic E-state index is 12.9. The fraction of sp³-hybridized carbons (Fsp3) is 0.562. The van der Waals surface area contributed by atoms with Crippen molar-refractivity contribution < 1.29 is 13.2 Å². The van der Waals surface area contributed by atoms with Gasteiger partial charge < -0.3 is 15.2 Å². The van der Waals surface area contributed by atoms with Crippen LogP contribution in [-0.2, 0) is 19.1 Å². The van der Waals surface area contributed by atoms with Gasteiger partial charge in [-0.05, 0) is 58.2 Å². The molecule has 0 aliphatic rings. The first kappa shape index (κ1) is 17.7. The van der Waals surface area contributed by atoms with Gasteiger partial charge in [0.1, 0.15) is 5.82 Å². The van der Waals surface area contributed by atoms with E-state index in [0.29, 0.717) is 18.5 Å². The number of hydrogen-bond donors (Lipinski definition) is 1. The first-order valence-electron chi connectivity index (χ1n) is 7.74. The van der Waals surface area contributed by atoms with Crippen molar-refractivity contribution in [1.82, 2.24) is 14.5 Å². The SMILES string of the molecule is CN(C)CCCn1c(CCCN)nc2cc(C(F)(F)F)ccc21. The van der Waals surface area contributed by atoms with Crippen molar-refractivity contribution in [3.63, 3.8) is 0 Å². The fourth-order valence-corrected chi connectivity index (χ4v) is 2.60. The van der Waals surface area contributed by atoms with E-state index >= 15 is 0 Å². The van der Waals surface area contributed by atoms with Gasteiger partial charge in [-0.15, -0.1) is 0 Å². The molecular weight excluding hydrogens is 305 g/mol. The molecule has 0 unspecified atom stereocenters. The van der Waals surface area contributed by atoms with Crippen LogP contribution in [0.15, 0.2) is 18.2 Å². The van der Waals surface area contributed by atoms with Gasteiger partial charge >= 0.3 is 6.18 Å². The molecule has 0 spiro atoms. The minimum absolute atomic E-state index is 0.400. The average molecular weight is 328 g/mol. The van der Waals surface area contributed by atoms with E-state index in [2.05, 4.69) is 9.88 Å². The number of halogens is 3. The van der Waals surface area contributed by atoms with Crippen molar-refractivity contribution in [3.05, 3.63) is 29.6 Å². The van der Waals surface area contributed by atoms with Gasteiger partial charge in [-0.1, -0.05) is 0 Å². The number of aryl methyl sites for hydroxylation is 2. The maximum atomic E-state index is 12.9. The molecular formula is C16H23F3N4. The van der Waals surface area contributed by atoms with Crippen LogP contribution in [0.2, 0.25) is 0 Å². The molecule has 0 atom stereocenters. The standard InChI is InChI=1S/C16H23F3N4/c1-22(2)9-4-10-23-14-7-6-12(16(17,18)19)11-13(14)21-15(23)5-3-8-20/h6-7,11H,3-5,8-10,20H2,1-2H3. The Bertz CT molecular complexity index is 647. The lowest BCUT2D eigenvalue weighted by Crippen LogP contribution is -2.16. The number of nitrogens with zero attached hydrogens (tertiary/aromatic N) is 3. The average Bonchev–Trinajstić information content (AvgIpc) is 2.81. The first-order valence-corrected chi connectivity index (χ1v) is 7.74. The summed E-state index contributed by atoms with van der Waals surface area (Å²) in [7, 11) is 3.99. The highest BCUT2D eigenvalue weighted by molar-refractivity contribution is 5.77. The molecule has 2 aromatic rings. The topological polar surface area (TPSA) is 47.1 Å². The van der Waals surface area contributed by atoms with Gasteiger partial charge in [-0.2, -0.15) is 13.2 Å². The van der Waals surface area contributed by atoms with Crippen LogP contribution < -0.4 is 5.73 Å². The van der Waals surface area contributed by atoms with E-state index in [-0.39, 0.29) is 0 Å². The summed E-state index contributed by atoms with van der Waals surface area (Å²) < 4.78 is 40.6. The Balaban J connectivity index is 2.35. The Morgan fingerprint density at radius 2 is 1.96 bits per heavy atom. The van der Waals surface area contributed by atoms with Crippen LogP contribution in [0.4, 0.5) is 13.2 Å². The lowest BCUT2D eigenvalue weighted by molar-refractivity contribution is -0.137. The minimum Gasteiger partial charge on any atom is -0.330 e. The highest BCUT2D eigenvalue weighted by Gasteiger charge is 2.31. The Morgan fingerprint density at radius 3 is 2.57 bits per heavy atom. The summed E-state index contributed by atoms with van der Waals surface area (Å²) in [4.78, 5) is 6.50. The predicted octanol–water partition coefficient (Wildman–Crippen LogP) is 2.90. The zero-order valence-electron chi connectivity index (χ0n) is 13.5. The summed E-state index contributed by atoms with van der Waals surface area (Å²) in [6.45, 7) is 2.19. The van der Waals surface area contributed by atoms with Gasteiger partial charge in [-0.25, -0.2) is 4.98 Å². The van der Waals surface area contributed by atoms with Crippen molar-refractivity contribution in [2.45, 2.75) is 32.0 Å². The fourth-order valence-electron chi connectivity index (χ4n) is 2.60. The molecule has 1 heterocycles. The lowest BCUT2D eigenvalue weighted by atomic mass is 10.2. The van der Waals surface area contributed by atoms with Crippen LogP contribution in [0.25, 0.3) is 11.0 Å². The van der Waals surface area contributed by atoms with E-state index < -0.39 is 11.7 Å². The third kappa shape index (κ3) is 4.45. The Labute approximate surface area is 134 Å². The summed E-state index contributed by atoms with van der Waals surface area (Å²) in [5.41, 5.74) is 6.04. The quantitative estimate of drug-likeness (QED) is 0.850. The van der Waals surface area contributed by atoms with Crippen molar-refractivity contribution in [1.29, 1.82) is 0 Å². The molecule has 7 heteroatoms. The maximum Gasteiger partial charge on any atom is 0.416 e. The van der Waals surface area contributed by atoms with Gasteiger partial charge in [0.2, 0.25) is 0 Å². The summed E-state index contributed by atoms with van der Waals surface area (Å²) in [5, 5.41) is 0. The largest absolute Gasteiger partial charge is 0.416 e. The van der Waals surface area contributed by atoms with Gasteiger partial charge in [0.25, 0.3) is 0 Å². The normalized spacial score (nSPS) is 12.5. The molecule has 1 aromatic heterocycles. The number of aromatic nitrogens is 2. The molecule has 0 aliphatic heterocycles. The van der Waals surface area contributed by atoms with Gasteiger partial charge in [0, 0.05) is 13.0 Å². The molecule has 4 nitrogen and oxygen atoms in total. The zero-order valence-corrected chi connectivity index (χ0v) is 13.5. The van der Waals surface area contributed by atoms with E-state index in [4.69, 9.17) is 5.73 Å². The van der Waals surface area contributed by atoms with Crippen LogP contribution in [0.1, 0.15) is 24.2 Å². The number of fused-ring (bicyclic) bond motifs is 1. The second-order valence-electron chi connectivity index (χ2n) is 5.93. The molecule has 23 heavy (non-hydrogen) atoms. The molecule has 128 valence electrons. The monoisotopic (exact) mass is 328 g/mol. The van der Waals surface area contributed by atoms with E-state index in [1.807, 2.05) is 18.7 Å². The van der Waals surface area contributed by atoms with Crippen molar-refractivity contribution in [2.75, 3.05) is 27.2 Å². The van der Waals surface area contributed by atoms with Crippen molar-refractivity contribution >= 4 is 11.0 Å². The van der Waals surface area contributed by atoms with Gasteiger partial charge in [0.05, 0.1) is 16.6 Å². The Hall–Kier alpha value is -1.60. The second-order valence-corrected chi connectivity index (χ2v) is 5.93. The van der Waals surface area contributed by atoms with Gasteiger partial charge in [0.15, 0.2) is 0 Å². The molecule has 0 fully saturated rings. The number of imidazole rings is 1. The summed E-state index contributed by atoms with van der Waals surface area (Å²) >= 11 is 0. The van der Waals surface area contributed by atoms with E-state index in [0.717, 1.165) is 49.4 Å². The molecule has 2 rings (SSSR count). The second kappa shape index (κ2) is 7.31. The van der Waals surface area contributed by atoms with Crippen LogP contribution in [0.5, 0.6) is 0 Å². The smallest absolute Gasteiger partial charge is 0.330 e. The lowest BCUT2D eigenvalue weighted by Gasteiger charge is -2.12. The molecule has 0 radical (unpaired) electrons. The summed E-state index contributed by atoms with van der Waals surface area (Å²) in [6.07, 6.45) is -1.99. The molecule has 0 bridgehead atoms. The molecule has 0 aliphatic carbocycles. The Morgan fingerprint density at radius 1 is 1.22 bits per heavy atom. The number of rotatable bonds is 7. The van der Waals surface area contributed by atoms with Crippen LogP contribution >= 0.6 is 0 Å². The number of alkyl halides is 3. The molecule has 0 amide bonds. The van der Waals surface area contributed by atoms with Crippen LogP contribution in [0, 0.1) is 0 Å². The van der Waals surface area contributed by atoms with Crippen molar-refractivity contribution in [3.8, 4) is 0 Å². The summed E-state index contributed by atoms with van der Waals surface area (Å²) in [6, 6.07) is 3.77. The number of nitrogens with two attached hydrogens (primary N) is 1. The predicted molar refractivity (Wildman–Crippen MR) is 85.3 cm³/mol. The van der Waals surface area contributed by atoms with Crippen LogP contribution in [-0.4, -0.2) is 41.6 Å². The third-order valence-corrected chi connectivity index (χ3v) is 3.75. The van der Waals surface area contributed by atoms with E-state index in [1.165, 1.54) is 6.07 Å². The molecule has 1 aromatic carbocycles. The zero-order chi connectivity index (χ0) is 17.0. The number of benzene rings is 1. The first-order chi connectivity index (χ1) is 10.8. The summed E-state index contributed by atoms with van der Waals surface area (Å²) in [5.74, 6) is 0.809. The third-order valence-electron chi connectivity index (χ3n) is 3.75. The minimum atomic E-state index is -4.35. The molecule has 0 saturated carbocycles. The molecule has 2 N–H and O–H groups in total. The van der Waals surface area contributed by atoms with E-state index in [9.17, 15) is 13.2 Å². The highest BCUT2D eigenvalue weighted by Crippen LogP contribution is 2.31. The van der Waals surface area contributed by atoms with Crippen molar-refractivity contribution in [2.24, 2.45) is 5.73 Å². The Kier molecular flexibility index (Phi) is 5.64. The van der Waals surface area contributed by atoms with Crippen LogP contribution in [0.3, 0.4) is 0 Å². The highest BCUT2D eigenvalue weighted by atomic mass is 19.4. The number of hydrogen-bond acceptors (Lipinski definition) is 3. The molecule has 0 saturated heterocycles. The van der Waals surface area contributed by atoms with E-state index in [1.54, 1.807) is 0 Å².